The summed E-state index contributed by atoms with van der Waals surface area (Å²) in [7, 11) is 0. The molecule has 3 rings (SSSR count). The summed E-state index contributed by atoms with van der Waals surface area (Å²) in [4.78, 5) is 8.13. The molecule has 1 heterocycles. The van der Waals surface area contributed by atoms with E-state index < -0.39 is 0 Å². The van der Waals surface area contributed by atoms with E-state index in [0.29, 0.717) is 12.1 Å². The van der Waals surface area contributed by atoms with Gasteiger partial charge in [0.15, 0.2) is 0 Å². The number of aromatic nitrogens is 2. The van der Waals surface area contributed by atoms with Gasteiger partial charge in [-0.15, -0.1) is 0 Å². The lowest BCUT2D eigenvalue weighted by atomic mass is 9.91. The lowest BCUT2D eigenvalue weighted by Gasteiger charge is -2.28. The Hall–Kier alpha value is -1.55. The fourth-order valence-corrected chi connectivity index (χ4v) is 3.05. The topological polar surface area (TPSA) is 66.7 Å². The number of nitrogens with zero attached hydrogens (tertiary/aromatic N) is 1. The standard InChI is InChI=1S/C17H26N4/c1-17(2,3)16-20-14-8-7-13(10-15(14)21-16)19-12-6-4-5-11(18)9-12/h7-8,10-12,19H,4-6,9,18H2,1-3H3,(H,20,21). The average Bonchev–Trinajstić information content (AvgIpc) is 2.82. The third kappa shape index (κ3) is 3.21. The molecular weight excluding hydrogens is 260 g/mol. The van der Waals surface area contributed by atoms with Crippen LogP contribution in [-0.2, 0) is 5.41 Å². The van der Waals surface area contributed by atoms with Crippen LogP contribution in [0.3, 0.4) is 0 Å². The largest absolute Gasteiger partial charge is 0.382 e. The van der Waals surface area contributed by atoms with E-state index in [1.54, 1.807) is 0 Å². The first kappa shape index (κ1) is 14.4. The van der Waals surface area contributed by atoms with Gasteiger partial charge in [-0.3, -0.25) is 0 Å². The van der Waals surface area contributed by atoms with Gasteiger partial charge < -0.3 is 16.0 Å². The maximum atomic E-state index is 6.06. The van der Waals surface area contributed by atoms with E-state index in [4.69, 9.17) is 5.73 Å². The number of hydrogen-bond donors (Lipinski definition) is 3. The van der Waals surface area contributed by atoms with Gasteiger partial charge in [-0.05, 0) is 43.9 Å². The third-order valence-corrected chi connectivity index (χ3v) is 4.28. The highest BCUT2D eigenvalue weighted by molar-refractivity contribution is 5.79. The highest BCUT2D eigenvalue weighted by Crippen LogP contribution is 2.26. The summed E-state index contributed by atoms with van der Waals surface area (Å²) in [6.45, 7) is 6.52. The number of hydrogen-bond acceptors (Lipinski definition) is 3. The Labute approximate surface area is 126 Å². The first-order valence-electron chi connectivity index (χ1n) is 7.94. The summed E-state index contributed by atoms with van der Waals surface area (Å²) in [5.41, 5.74) is 9.40. The van der Waals surface area contributed by atoms with Crippen LogP contribution in [-0.4, -0.2) is 22.1 Å². The van der Waals surface area contributed by atoms with Crippen LogP contribution in [0, 0.1) is 0 Å². The zero-order valence-electron chi connectivity index (χ0n) is 13.2. The van der Waals surface area contributed by atoms with E-state index in [1.807, 2.05) is 0 Å². The lowest BCUT2D eigenvalue weighted by Crippen LogP contribution is -2.34. The molecule has 1 aliphatic rings. The van der Waals surface area contributed by atoms with Crippen LogP contribution in [0.5, 0.6) is 0 Å². The SMILES string of the molecule is CC(C)(C)c1nc2ccc(NC3CCCC(N)C3)cc2[nH]1. The highest BCUT2D eigenvalue weighted by atomic mass is 15.0. The second kappa shape index (κ2) is 5.34. The summed E-state index contributed by atoms with van der Waals surface area (Å²) >= 11 is 0. The van der Waals surface area contributed by atoms with E-state index in [0.717, 1.165) is 35.4 Å². The molecule has 4 N–H and O–H groups in total. The van der Waals surface area contributed by atoms with Crippen LogP contribution in [0.25, 0.3) is 11.0 Å². The van der Waals surface area contributed by atoms with E-state index in [9.17, 15) is 0 Å². The van der Waals surface area contributed by atoms with Crippen molar-refractivity contribution in [2.24, 2.45) is 5.73 Å². The second-order valence-electron chi connectivity index (χ2n) is 7.34. The minimum Gasteiger partial charge on any atom is -0.382 e. The van der Waals surface area contributed by atoms with Crippen LogP contribution >= 0.6 is 0 Å². The molecule has 0 saturated heterocycles. The molecular formula is C17H26N4. The van der Waals surface area contributed by atoms with Gasteiger partial charge in [0.25, 0.3) is 0 Å². The highest BCUT2D eigenvalue weighted by Gasteiger charge is 2.20. The Morgan fingerprint density at radius 1 is 1.29 bits per heavy atom. The van der Waals surface area contributed by atoms with Crippen molar-refractivity contribution in [2.45, 2.75) is 64.0 Å². The average molecular weight is 286 g/mol. The van der Waals surface area contributed by atoms with Crippen molar-refractivity contribution in [3.8, 4) is 0 Å². The van der Waals surface area contributed by atoms with Crippen molar-refractivity contribution in [3.05, 3.63) is 24.0 Å². The Morgan fingerprint density at radius 2 is 2.10 bits per heavy atom. The molecule has 0 spiro atoms. The number of fused-ring (bicyclic) bond motifs is 1. The maximum Gasteiger partial charge on any atom is 0.112 e. The summed E-state index contributed by atoms with van der Waals surface area (Å²) in [6, 6.07) is 7.22. The first-order chi connectivity index (χ1) is 9.91. The number of nitrogens with two attached hydrogens (primary N) is 1. The Bertz CT molecular complexity index is 623. The van der Waals surface area contributed by atoms with E-state index in [-0.39, 0.29) is 5.41 Å². The minimum atomic E-state index is 0.0444. The molecule has 1 fully saturated rings. The monoisotopic (exact) mass is 286 g/mol. The number of aromatic amines is 1. The number of nitrogens with one attached hydrogen (secondary N) is 2. The molecule has 1 aromatic heterocycles. The van der Waals surface area contributed by atoms with Gasteiger partial charge in [0.1, 0.15) is 5.82 Å². The van der Waals surface area contributed by atoms with Crippen LogP contribution in [0.4, 0.5) is 5.69 Å². The predicted molar refractivity (Wildman–Crippen MR) is 88.6 cm³/mol. The van der Waals surface area contributed by atoms with Crippen molar-refractivity contribution in [2.75, 3.05) is 5.32 Å². The molecule has 0 radical (unpaired) electrons. The van der Waals surface area contributed by atoms with E-state index in [1.165, 1.54) is 12.8 Å². The van der Waals surface area contributed by atoms with Gasteiger partial charge in [0.05, 0.1) is 11.0 Å². The Balaban J connectivity index is 1.80. The lowest BCUT2D eigenvalue weighted by molar-refractivity contribution is 0.409. The van der Waals surface area contributed by atoms with Crippen LogP contribution in [0.15, 0.2) is 18.2 Å². The Morgan fingerprint density at radius 3 is 2.81 bits per heavy atom. The van der Waals surface area contributed by atoms with Gasteiger partial charge in [-0.1, -0.05) is 20.8 Å². The molecule has 1 saturated carbocycles. The van der Waals surface area contributed by atoms with Crippen LogP contribution in [0.2, 0.25) is 0 Å². The summed E-state index contributed by atoms with van der Waals surface area (Å²) in [5, 5.41) is 3.62. The number of anilines is 1. The quantitative estimate of drug-likeness (QED) is 0.791. The number of benzene rings is 1. The van der Waals surface area contributed by atoms with Gasteiger partial charge in [-0.25, -0.2) is 4.98 Å². The van der Waals surface area contributed by atoms with Crippen molar-refractivity contribution in [3.63, 3.8) is 0 Å². The summed E-state index contributed by atoms with van der Waals surface area (Å²) in [5.74, 6) is 1.04. The fourth-order valence-electron chi connectivity index (χ4n) is 3.05. The molecule has 0 bridgehead atoms. The molecule has 1 aliphatic carbocycles. The van der Waals surface area contributed by atoms with E-state index >= 15 is 0 Å². The molecule has 1 aromatic carbocycles. The number of imidazole rings is 1. The minimum absolute atomic E-state index is 0.0444. The first-order valence-corrected chi connectivity index (χ1v) is 7.94. The molecule has 2 atom stereocenters. The molecule has 0 amide bonds. The predicted octanol–water partition coefficient (Wildman–Crippen LogP) is 3.54. The Kier molecular flexibility index (Phi) is 3.66. The van der Waals surface area contributed by atoms with Crippen molar-refractivity contribution in [1.29, 1.82) is 0 Å². The zero-order chi connectivity index (χ0) is 15.0. The molecule has 4 nitrogen and oxygen atoms in total. The normalized spacial score (nSPS) is 23.4. The third-order valence-electron chi connectivity index (χ3n) is 4.28. The number of rotatable bonds is 2. The van der Waals surface area contributed by atoms with Gasteiger partial charge in [-0.2, -0.15) is 0 Å². The van der Waals surface area contributed by atoms with Crippen LogP contribution < -0.4 is 11.1 Å². The van der Waals surface area contributed by atoms with E-state index in [2.05, 4.69) is 54.3 Å². The van der Waals surface area contributed by atoms with Crippen molar-refractivity contribution in [1.82, 2.24) is 9.97 Å². The maximum absolute atomic E-state index is 6.06. The smallest absolute Gasteiger partial charge is 0.112 e. The summed E-state index contributed by atoms with van der Waals surface area (Å²) in [6.07, 6.45) is 4.65. The molecule has 114 valence electrons. The second-order valence-corrected chi connectivity index (χ2v) is 7.34. The summed E-state index contributed by atoms with van der Waals surface area (Å²) < 4.78 is 0. The van der Waals surface area contributed by atoms with Gasteiger partial charge in [0, 0.05) is 23.2 Å². The fraction of sp³-hybridized carbons (Fsp3) is 0.588. The van der Waals surface area contributed by atoms with Crippen molar-refractivity contribution >= 4 is 16.7 Å². The van der Waals surface area contributed by atoms with Crippen molar-refractivity contribution < 1.29 is 0 Å². The molecule has 0 aliphatic heterocycles. The molecule has 2 aromatic rings. The zero-order valence-corrected chi connectivity index (χ0v) is 13.2. The number of H-pyrrole nitrogens is 1. The van der Waals surface area contributed by atoms with Crippen LogP contribution in [0.1, 0.15) is 52.3 Å². The molecule has 21 heavy (non-hydrogen) atoms. The van der Waals surface area contributed by atoms with Gasteiger partial charge >= 0.3 is 0 Å². The molecule has 4 heteroatoms. The molecule has 2 unspecified atom stereocenters. The van der Waals surface area contributed by atoms with Gasteiger partial charge in [0.2, 0.25) is 0 Å².